The maximum atomic E-state index is 13.5. The summed E-state index contributed by atoms with van der Waals surface area (Å²) in [5, 5.41) is 4.52. The minimum absolute atomic E-state index is 0.0283. The highest BCUT2D eigenvalue weighted by atomic mass is 16.5. The Kier molecular flexibility index (Phi) is 5.15. The molecule has 4 atom stereocenters. The van der Waals surface area contributed by atoms with Crippen molar-refractivity contribution < 1.29 is 19.0 Å². The summed E-state index contributed by atoms with van der Waals surface area (Å²) < 4.78 is 16.4. The van der Waals surface area contributed by atoms with Gasteiger partial charge in [-0.25, -0.2) is 10.9 Å². The van der Waals surface area contributed by atoms with Gasteiger partial charge in [0.05, 0.1) is 33.4 Å². The first-order chi connectivity index (χ1) is 16.6. The third-order valence-electron chi connectivity index (χ3n) is 7.70. The topological polar surface area (TPSA) is 96.6 Å². The molecule has 0 saturated carbocycles. The van der Waals surface area contributed by atoms with Crippen molar-refractivity contribution >= 4 is 16.8 Å². The van der Waals surface area contributed by atoms with Gasteiger partial charge < -0.3 is 24.5 Å². The number of aryl methyl sites for hydroxylation is 1. The van der Waals surface area contributed by atoms with Gasteiger partial charge in [-0.1, -0.05) is 0 Å². The summed E-state index contributed by atoms with van der Waals surface area (Å²) >= 11 is 0. The Hall–Kier alpha value is -3.23. The molecule has 178 valence electrons. The van der Waals surface area contributed by atoms with E-state index in [1.54, 1.807) is 21.3 Å². The van der Waals surface area contributed by atoms with Gasteiger partial charge in [-0.2, -0.15) is 0 Å². The van der Waals surface area contributed by atoms with Crippen molar-refractivity contribution in [3.63, 3.8) is 0 Å². The molecule has 3 aromatic rings. The average Bonchev–Trinajstić information content (AvgIpc) is 3.54. The normalized spacial score (nSPS) is 24.9. The highest BCUT2D eigenvalue weighted by Crippen LogP contribution is 2.45. The Morgan fingerprint density at radius 3 is 2.65 bits per heavy atom. The molecular formula is C26H30N4O4. The van der Waals surface area contributed by atoms with Gasteiger partial charge in [0.15, 0.2) is 11.5 Å². The number of H-pyrrole nitrogens is 1. The van der Waals surface area contributed by atoms with Gasteiger partial charge in [0.25, 0.3) is 0 Å². The van der Waals surface area contributed by atoms with Crippen molar-refractivity contribution in [1.82, 2.24) is 21.2 Å². The second-order valence-corrected chi connectivity index (χ2v) is 9.40. The fourth-order valence-corrected chi connectivity index (χ4v) is 6.02. The number of carbonyl (C=O) groups excluding carboxylic acids is 1. The number of fused-ring (bicyclic) bond motifs is 6. The van der Waals surface area contributed by atoms with E-state index < -0.39 is 0 Å². The van der Waals surface area contributed by atoms with E-state index in [9.17, 15) is 4.79 Å². The lowest BCUT2D eigenvalue weighted by molar-refractivity contribution is -0.124. The summed E-state index contributed by atoms with van der Waals surface area (Å²) in [5.41, 5.74) is 12.5. The quantitative estimate of drug-likeness (QED) is 0.465. The molecule has 4 N–H and O–H groups in total. The molecule has 34 heavy (non-hydrogen) atoms. The molecule has 1 amide bonds. The predicted molar refractivity (Wildman–Crippen MR) is 128 cm³/mol. The highest BCUT2D eigenvalue weighted by Gasteiger charge is 2.46. The molecular weight excluding hydrogens is 432 g/mol. The van der Waals surface area contributed by atoms with Crippen molar-refractivity contribution in [2.45, 2.75) is 43.8 Å². The molecule has 1 aromatic heterocycles. The number of aromatic nitrogens is 1. The zero-order chi connectivity index (χ0) is 23.4. The van der Waals surface area contributed by atoms with Crippen LogP contribution in [-0.2, 0) is 17.6 Å². The molecule has 0 bridgehead atoms. The maximum absolute atomic E-state index is 13.5. The van der Waals surface area contributed by atoms with Crippen LogP contribution in [0.2, 0.25) is 0 Å². The fraction of sp³-hybridized carbons (Fsp3) is 0.423. The third kappa shape index (κ3) is 3.24. The molecule has 8 nitrogen and oxygen atoms in total. The van der Waals surface area contributed by atoms with Crippen molar-refractivity contribution in [2.75, 3.05) is 21.3 Å². The Morgan fingerprint density at radius 2 is 1.85 bits per heavy atom. The zero-order valence-corrected chi connectivity index (χ0v) is 19.7. The number of nitrogens with one attached hydrogen (secondary N) is 4. The molecule has 1 aliphatic heterocycles. The zero-order valence-electron chi connectivity index (χ0n) is 19.7. The summed E-state index contributed by atoms with van der Waals surface area (Å²) in [5.74, 6) is 2.44. The molecule has 0 radical (unpaired) electrons. The number of hydrogen-bond donors (Lipinski definition) is 4. The number of hydrogen-bond acceptors (Lipinski definition) is 6. The van der Waals surface area contributed by atoms with Crippen LogP contribution in [0.15, 0.2) is 30.3 Å². The second kappa shape index (κ2) is 8.21. The van der Waals surface area contributed by atoms with Crippen LogP contribution in [0.5, 0.6) is 17.2 Å². The molecule has 1 saturated heterocycles. The van der Waals surface area contributed by atoms with E-state index in [0.29, 0.717) is 5.75 Å². The van der Waals surface area contributed by atoms with Crippen LogP contribution in [0, 0.1) is 5.92 Å². The first kappa shape index (κ1) is 21.3. The summed E-state index contributed by atoms with van der Waals surface area (Å²) in [7, 11) is 4.98. The number of hydrazine groups is 1. The van der Waals surface area contributed by atoms with Crippen LogP contribution < -0.4 is 30.4 Å². The Labute approximate surface area is 198 Å². The average molecular weight is 463 g/mol. The number of methoxy groups -OCH3 is 3. The Morgan fingerprint density at radius 1 is 1.03 bits per heavy atom. The Balaban J connectivity index is 1.23. The van der Waals surface area contributed by atoms with E-state index in [1.807, 2.05) is 18.2 Å². The predicted octanol–water partition coefficient (Wildman–Crippen LogP) is 3.08. The van der Waals surface area contributed by atoms with Crippen LogP contribution in [0.25, 0.3) is 10.9 Å². The van der Waals surface area contributed by atoms with Crippen LogP contribution in [0.1, 0.15) is 47.3 Å². The van der Waals surface area contributed by atoms with Gasteiger partial charge in [0.2, 0.25) is 5.91 Å². The molecule has 8 heteroatoms. The summed E-state index contributed by atoms with van der Waals surface area (Å²) in [6.07, 6.45) is 3.77. The first-order valence-electron chi connectivity index (χ1n) is 11.9. The van der Waals surface area contributed by atoms with E-state index in [2.05, 4.69) is 33.3 Å². The lowest BCUT2D eigenvalue weighted by Gasteiger charge is -2.26. The van der Waals surface area contributed by atoms with Crippen molar-refractivity contribution in [3.05, 3.63) is 52.7 Å². The van der Waals surface area contributed by atoms with Crippen LogP contribution in [0.4, 0.5) is 0 Å². The summed E-state index contributed by atoms with van der Waals surface area (Å²) in [6.45, 7) is 0. The summed E-state index contributed by atoms with van der Waals surface area (Å²) in [4.78, 5) is 17.0. The largest absolute Gasteiger partial charge is 0.497 e. The van der Waals surface area contributed by atoms with E-state index >= 15 is 0 Å². The number of carbonyl (C=O) groups is 1. The van der Waals surface area contributed by atoms with Gasteiger partial charge in [-0.15, -0.1) is 0 Å². The van der Waals surface area contributed by atoms with E-state index in [-0.39, 0.29) is 30.0 Å². The van der Waals surface area contributed by atoms with Crippen LogP contribution >= 0.6 is 0 Å². The monoisotopic (exact) mass is 462 g/mol. The SMILES string of the molecule is COc1ccc2[nH]c3c(c2c1)CCCC3NC(=O)C1NNC2c3cc(OC)c(OC)cc3CC12. The lowest BCUT2D eigenvalue weighted by Crippen LogP contribution is -2.47. The molecule has 2 aliphatic carbocycles. The lowest BCUT2D eigenvalue weighted by atomic mass is 9.90. The highest BCUT2D eigenvalue weighted by molar-refractivity contribution is 5.87. The van der Waals surface area contributed by atoms with E-state index in [0.717, 1.165) is 54.0 Å². The van der Waals surface area contributed by atoms with E-state index in [1.165, 1.54) is 16.5 Å². The smallest absolute Gasteiger partial charge is 0.239 e. The minimum atomic E-state index is -0.316. The Bertz CT molecular complexity index is 1270. The number of amides is 1. The van der Waals surface area contributed by atoms with Crippen molar-refractivity contribution in [3.8, 4) is 17.2 Å². The minimum Gasteiger partial charge on any atom is -0.497 e. The fourth-order valence-electron chi connectivity index (χ4n) is 6.02. The van der Waals surface area contributed by atoms with Gasteiger partial charge in [0, 0.05) is 22.5 Å². The molecule has 6 rings (SSSR count). The van der Waals surface area contributed by atoms with Gasteiger partial charge in [-0.05, 0) is 72.7 Å². The van der Waals surface area contributed by atoms with Gasteiger partial charge in [0.1, 0.15) is 11.8 Å². The van der Waals surface area contributed by atoms with Crippen molar-refractivity contribution in [1.29, 1.82) is 0 Å². The number of ether oxygens (including phenoxy) is 3. The molecule has 0 spiro atoms. The maximum Gasteiger partial charge on any atom is 0.239 e. The van der Waals surface area contributed by atoms with Gasteiger partial charge >= 0.3 is 0 Å². The number of aromatic amines is 1. The standard InChI is InChI=1S/C26H30N4O4/c1-32-14-7-8-19-17(11-14)15-5-4-6-20(24(15)27-19)28-26(31)25-18-9-13-10-21(33-2)22(34-3)12-16(13)23(18)29-30-25/h7-8,10-12,18,20,23,25,27,29-30H,4-6,9H2,1-3H3,(H,28,31). The van der Waals surface area contributed by atoms with Gasteiger partial charge in [-0.3, -0.25) is 4.79 Å². The molecule has 1 fully saturated rings. The second-order valence-electron chi connectivity index (χ2n) is 9.40. The van der Waals surface area contributed by atoms with Crippen molar-refractivity contribution in [2.24, 2.45) is 5.92 Å². The number of rotatable bonds is 5. The number of benzene rings is 2. The molecule has 2 aromatic carbocycles. The van der Waals surface area contributed by atoms with Crippen LogP contribution in [0.3, 0.4) is 0 Å². The molecule has 3 aliphatic rings. The van der Waals surface area contributed by atoms with E-state index in [4.69, 9.17) is 14.2 Å². The summed E-state index contributed by atoms with van der Waals surface area (Å²) in [6, 6.07) is 9.89. The molecule has 4 unspecified atom stereocenters. The third-order valence-corrected chi connectivity index (χ3v) is 7.70. The molecule has 2 heterocycles. The first-order valence-corrected chi connectivity index (χ1v) is 11.9. The van der Waals surface area contributed by atoms with Crippen LogP contribution in [-0.4, -0.2) is 38.3 Å².